The summed E-state index contributed by atoms with van der Waals surface area (Å²) in [5.41, 5.74) is 7.07. The number of benzene rings is 1. The number of rotatable bonds is 9. The summed E-state index contributed by atoms with van der Waals surface area (Å²) in [6, 6.07) is 5.52. The molecule has 1 fully saturated rings. The molecule has 1 saturated carbocycles. The molecule has 0 aromatic heterocycles. The summed E-state index contributed by atoms with van der Waals surface area (Å²) in [6.45, 7) is 4.31. The SMILES string of the molecule is CCOCCC1(CN=C(N)Nc2cc(OC)ccc2OC)CCC1. The van der Waals surface area contributed by atoms with Gasteiger partial charge in [-0.2, -0.15) is 0 Å². The lowest BCUT2D eigenvalue weighted by molar-refractivity contribution is 0.0610. The van der Waals surface area contributed by atoms with E-state index in [1.165, 1.54) is 19.3 Å². The lowest BCUT2D eigenvalue weighted by Crippen LogP contribution is -2.35. The van der Waals surface area contributed by atoms with Gasteiger partial charge in [0.1, 0.15) is 11.5 Å². The van der Waals surface area contributed by atoms with Crippen molar-refractivity contribution in [2.75, 3.05) is 39.3 Å². The zero-order valence-corrected chi connectivity index (χ0v) is 14.9. The van der Waals surface area contributed by atoms with Crippen LogP contribution in [0.25, 0.3) is 0 Å². The highest BCUT2D eigenvalue weighted by Gasteiger charge is 2.36. The van der Waals surface area contributed by atoms with E-state index in [1.54, 1.807) is 14.2 Å². The van der Waals surface area contributed by atoms with Crippen molar-refractivity contribution in [3.8, 4) is 11.5 Å². The third-order valence-electron chi connectivity index (χ3n) is 4.65. The first-order chi connectivity index (χ1) is 11.6. The molecule has 0 saturated heterocycles. The lowest BCUT2D eigenvalue weighted by atomic mass is 9.67. The molecule has 3 N–H and O–H groups in total. The third kappa shape index (κ3) is 4.77. The van der Waals surface area contributed by atoms with Crippen LogP contribution in [0.5, 0.6) is 11.5 Å². The molecule has 134 valence electrons. The molecule has 0 aliphatic heterocycles. The smallest absolute Gasteiger partial charge is 0.193 e. The van der Waals surface area contributed by atoms with Crippen molar-refractivity contribution >= 4 is 11.6 Å². The van der Waals surface area contributed by atoms with Gasteiger partial charge in [-0.25, -0.2) is 0 Å². The van der Waals surface area contributed by atoms with Gasteiger partial charge in [0.25, 0.3) is 0 Å². The Kier molecular flexibility index (Phi) is 6.73. The van der Waals surface area contributed by atoms with Gasteiger partial charge in [0.05, 0.1) is 19.9 Å². The fraction of sp³-hybridized carbons (Fsp3) is 0.611. The van der Waals surface area contributed by atoms with Gasteiger partial charge in [-0.15, -0.1) is 0 Å². The topological polar surface area (TPSA) is 78.1 Å². The zero-order valence-electron chi connectivity index (χ0n) is 14.9. The largest absolute Gasteiger partial charge is 0.497 e. The van der Waals surface area contributed by atoms with Gasteiger partial charge in [-0.3, -0.25) is 4.99 Å². The first kappa shape index (κ1) is 18.4. The Balaban J connectivity index is 1.98. The molecule has 0 bridgehead atoms. The molecule has 24 heavy (non-hydrogen) atoms. The molecular weight excluding hydrogens is 306 g/mol. The highest BCUT2D eigenvalue weighted by atomic mass is 16.5. The van der Waals surface area contributed by atoms with Crippen molar-refractivity contribution < 1.29 is 14.2 Å². The number of anilines is 1. The van der Waals surface area contributed by atoms with Crippen molar-refractivity contribution in [3.63, 3.8) is 0 Å². The summed E-state index contributed by atoms with van der Waals surface area (Å²) in [7, 11) is 3.25. The summed E-state index contributed by atoms with van der Waals surface area (Å²) in [5, 5.41) is 3.12. The minimum Gasteiger partial charge on any atom is -0.497 e. The van der Waals surface area contributed by atoms with Crippen LogP contribution in [0.1, 0.15) is 32.6 Å². The van der Waals surface area contributed by atoms with Crippen LogP contribution in [-0.2, 0) is 4.74 Å². The van der Waals surface area contributed by atoms with Gasteiger partial charge >= 0.3 is 0 Å². The van der Waals surface area contributed by atoms with Crippen molar-refractivity contribution in [1.82, 2.24) is 0 Å². The second-order valence-electron chi connectivity index (χ2n) is 6.19. The Labute approximate surface area is 144 Å². The molecular formula is C18H29N3O3. The Hall–Kier alpha value is -1.95. The predicted octanol–water partition coefficient (Wildman–Crippen LogP) is 3.03. The summed E-state index contributed by atoms with van der Waals surface area (Å²) in [5.74, 6) is 1.83. The number of nitrogens with zero attached hydrogens (tertiary/aromatic N) is 1. The van der Waals surface area contributed by atoms with E-state index in [1.807, 2.05) is 25.1 Å². The minimum atomic E-state index is 0.250. The molecule has 0 unspecified atom stereocenters. The number of hydrogen-bond acceptors (Lipinski definition) is 4. The number of guanidine groups is 1. The van der Waals surface area contributed by atoms with E-state index < -0.39 is 0 Å². The van der Waals surface area contributed by atoms with Crippen LogP contribution in [0.3, 0.4) is 0 Å². The van der Waals surface area contributed by atoms with Gasteiger partial charge < -0.3 is 25.3 Å². The molecule has 0 amide bonds. The Morgan fingerprint density at radius 3 is 2.67 bits per heavy atom. The average molecular weight is 335 g/mol. The van der Waals surface area contributed by atoms with E-state index in [4.69, 9.17) is 19.9 Å². The van der Waals surface area contributed by atoms with E-state index in [-0.39, 0.29) is 5.41 Å². The van der Waals surface area contributed by atoms with Gasteiger partial charge in [0, 0.05) is 25.8 Å². The first-order valence-electron chi connectivity index (χ1n) is 8.49. The van der Waals surface area contributed by atoms with Crippen LogP contribution in [0.15, 0.2) is 23.2 Å². The van der Waals surface area contributed by atoms with E-state index in [2.05, 4.69) is 10.3 Å². The maximum atomic E-state index is 6.07. The number of ether oxygens (including phenoxy) is 3. The van der Waals surface area contributed by atoms with E-state index in [9.17, 15) is 0 Å². The summed E-state index contributed by atoms with van der Waals surface area (Å²) in [6.07, 6.45) is 4.69. The molecule has 0 heterocycles. The molecule has 1 aliphatic rings. The molecule has 0 radical (unpaired) electrons. The van der Waals surface area contributed by atoms with Gasteiger partial charge in [-0.1, -0.05) is 6.42 Å². The molecule has 1 aromatic carbocycles. The second-order valence-corrected chi connectivity index (χ2v) is 6.19. The van der Waals surface area contributed by atoms with Crippen LogP contribution in [0.4, 0.5) is 5.69 Å². The lowest BCUT2D eigenvalue weighted by Gasteiger charge is -2.40. The number of methoxy groups -OCH3 is 2. The molecule has 1 aromatic rings. The van der Waals surface area contributed by atoms with Crippen LogP contribution in [0.2, 0.25) is 0 Å². The molecule has 1 aliphatic carbocycles. The number of nitrogens with two attached hydrogens (primary N) is 1. The van der Waals surface area contributed by atoms with Gasteiger partial charge in [0.2, 0.25) is 0 Å². The third-order valence-corrected chi connectivity index (χ3v) is 4.65. The summed E-state index contributed by atoms with van der Waals surface area (Å²) < 4.78 is 16.1. The summed E-state index contributed by atoms with van der Waals surface area (Å²) in [4.78, 5) is 4.55. The van der Waals surface area contributed by atoms with Crippen LogP contribution >= 0.6 is 0 Å². The van der Waals surface area contributed by atoms with Gasteiger partial charge in [-0.05, 0) is 43.7 Å². The highest BCUT2D eigenvalue weighted by molar-refractivity contribution is 5.94. The predicted molar refractivity (Wildman–Crippen MR) is 97.1 cm³/mol. The van der Waals surface area contributed by atoms with E-state index >= 15 is 0 Å². The Morgan fingerprint density at radius 2 is 2.08 bits per heavy atom. The highest BCUT2D eigenvalue weighted by Crippen LogP contribution is 2.44. The fourth-order valence-corrected chi connectivity index (χ4v) is 2.94. The Morgan fingerprint density at radius 1 is 1.29 bits per heavy atom. The van der Waals surface area contributed by atoms with Crippen molar-refractivity contribution in [3.05, 3.63) is 18.2 Å². The average Bonchev–Trinajstić information content (AvgIpc) is 2.56. The quantitative estimate of drug-likeness (QED) is 0.412. The summed E-state index contributed by atoms with van der Waals surface area (Å²) >= 11 is 0. The number of hydrogen-bond donors (Lipinski definition) is 2. The minimum absolute atomic E-state index is 0.250. The van der Waals surface area contributed by atoms with Crippen molar-refractivity contribution in [2.24, 2.45) is 16.1 Å². The van der Waals surface area contributed by atoms with Crippen LogP contribution < -0.4 is 20.5 Å². The first-order valence-corrected chi connectivity index (χ1v) is 8.49. The fourth-order valence-electron chi connectivity index (χ4n) is 2.94. The number of nitrogens with one attached hydrogen (secondary N) is 1. The number of aliphatic imine (C=N–C) groups is 1. The van der Waals surface area contributed by atoms with E-state index in [0.717, 1.165) is 37.6 Å². The molecule has 2 rings (SSSR count). The standard InChI is InChI=1S/C18H29N3O3/c1-4-24-11-10-18(8-5-9-18)13-20-17(19)21-15-12-14(22-2)6-7-16(15)23-3/h6-7,12H,4-5,8-11,13H2,1-3H3,(H3,19,20,21). The maximum absolute atomic E-state index is 6.07. The monoisotopic (exact) mass is 335 g/mol. The normalized spacial score (nSPS) is 16.4. The molecule has 6 heteroatoms. The zero-order chi connectivity index (χ0) is 17.4. The molecule has 0 atom stereocenters. The van der Waals surface area contributed by atoms with E-state index in [0.29, 0.717) is 11.7 Å². The van der Waals surface area contributed by atoms with Crippen molar-refractivity contribution in [1.29, 1.82) is 0 Å². The molecule has 0 spiro atoms. The Bertz CT molecular complexity index is 556. The van der Waals surface area contributed by atoms with Gasteiger partial charge in [0.15, 0.2) is 5.96 Å². The maximum Gasteiger partial charge on any atom is 0.193 e. The van der Waals surface area contributed by atoms with Crippen LogP contribution in [-0.4, -0.2) is 39.9 Å². The molecule has 6 nitrogen and oxygen atoms in total. The second kappa shape index (κ2) is 8.78. The van der Waals surface area contributed by atoms with Crippen LogP contribution in [0, 0.1) is 5.41 Å². The van der Waals surface area contributed by atoms with Crippen molar-refractivity contribution in [2.45, 2.75) is 32.6 Å².